The van der Waals surface area contributed by atoms with Crippen LogP contribution >= 0.6 is 0 Å². The van der Waals surface area contributed by atoms with Crippen molar-refractivity contribution in [3.8, 4) is 0 Å². The summed E-state index contributed by atoms with van der Waals surface area (Å²) in [5.74, 6) is -4.46. The normalized spacial score (nSPS) is 13.0. The lowest BCUT2D eigenvalue weighted by molar-refractivity contribution is 0.445. The molecule has 0 spiro atoms. The Labute approximate surface area is 73.2 Å². The van der Waals surface area contributed by atoms with Gasteiger partial charge in [-0.15, -0.1) is 0 Å². The summed E-state index contributed by atoms with van der Waals surface area (Å²) < 4.78 is 49.9. The third kappa shape index (κ3) is 1.99. The van der Waals surface area contributed by atoms with E-state index < -0.39 is 30.0 Å². The molecule has 0 heterocycles. The molecule has 1 unspecified atom stereocenters. The standard InChI is InChI=1S/C9H7F4/c1-5(4-10)6-2-8(12)9(13)3-7(6)11/h2-3,5H,1,4H2. The molecule has 4 heteroatoms. The Balaban J connectivity index is 3.15. The summed E-state index contributed by atoms with van der Waals surface area (Å²) in [5.41, 5.74) is -0.249. The lowest BCUT2D eigenvalue weighted by Crippen LogP contribution is -2.02. The minimum absolute atomic E-state index is 0.249. The number of halogens is 4. The number of benzene rings is 1. The minimum atomic E-state index is -1.28. The first kappa shape index (κ1) is 10.0. The molecule has 0 aliphatic heterocycles. The van der Waals surface area contributed by atoms with Crippen LogP contribution in [-0.2, 0) is 0 Å². The van der Waals surface area contributed by atoms with Crippen molar-refractivity contribution in [2.45, 2.75) is 5.92 Å². The van der Waals surface area contributed by atoms with Crippen molar-refractivity contribution in [2.75, 3.05) is 6.67 Å². The van der Waals surface area contributed by atoms with E-state index in [1.807, 2.05) is 0 Å². The fourth-order valence-corrected chi connectivity index (χ4v) is 0.934. The molecule has 0 aliphatic carbocycles. The topological polar surface area (TPSA) is 0 Å². The second kappa shape index (κ2) is 3.77. The average Bonchev–Trinajstić information content (AvgIpc) is 2.10. The molecule has 0 aromatic heterocycles. The molecule has 1 rings (SSSR count). The molecule has 1 aromatic carbocycles. The first-order chi connectivity index (χ1) is 6.06. The number of alkyl halides is 1. The molecule has 0 nitrogen and oxygen atoms in total. The molecule has 0 amide bonds. The maximum atomic E-state index is 12.9. The van der Waals surface area contributed by atoms with Gasteiger partial charge in [-0.25, -0.2) is 13.2 Å². The van der Waals surface area contributed by atoms with Gasteiger partial charge in [-0.3, -0.25) is 4.39 Å². The van der Waals surface area contributed by atoms with Gasteiger partial charge >= 0.3 is 0 Å². The summed E-state index contributed by atoms with van der Waals surface area (Å²) in [6, 6.07) is 1.01. The Kier molecular flexibility index (Phi) is 2.90. The van der Waals surface area contributed by atoms with Crippen LogP contribution in [0, 0.1) is 24.4 Å². The van der Waals surface area contributed by atoms with Gasteiger partial charge < -0.3 is 0 Å². The van der Waals surface area contributed by atoms with Crippen molar-refractivity contribution in [3.05, 3.63) is 42.1 Å². The summed E-state index contributed by atoms with van der Waals surface area (Å²) in [6.45, 7) is 2.34. The Morgan fingerprint density at radius 2 is 1.62 bits per heavy atom. The van der Waals surface area contributed by atoms with E-state index in [1.165, 1.54) is 0 Å². The monoisotopic (exact) mass is 191 g/mol. The van der Waals surface area contributed by atoms with Gasteiger partial charge in [-0.05, 0) is 18.6 Å². The van der Waals surface area contributed by atoms with E-state index in [1.54, 1.807) is 0 Å². The quantitative estimate of drug-likeness (QED) is 0.498. The van der Waals surface area contributed by atoms with Crippen molar-refractivity contribution in [3.63, 3.8) is 0 Å². The lowest BCUT2D eigenvalue weighted by atomic mass is 10.0. The Bertz CT molecular complexity index is 309. The van der Waals surface area contributed by atoms with Crippen LogP contribution in [0.1, 0.15) is 11.5 Å². The second-order valence-electron chi connectivity index (χ2n) is 2.64. The fourth-order valence-electron chi connectivity index (χ4n) is 0.934. The first-order valence-electron chi connectivity index (χ1n) is 3.59. The molecule has 0 aliphatic rings. The van der Waals surface area contributed by atoms with Gasteiger partial charge in [0.05, 0.1) is 6.67 Å². The van der Waals surface area contributed by atoms with Crippen LogP contribution in [0.15, 0.2) is 12.1 Å². The molecule has 0 saturated carbocycles. The molecule has 13 heavy (non-hydrogen) atoms. The van der Waals surface area contributed by atoms with E-state index in [-0.39, 0.29) is 5.56 Å². The molecule has 0 N–H and O–H groups in total. The van der Waals surface area contributed by atoms with E-state index in [0.29, 0.717) is 12.1 Å². The van der Waals surface area contributed by atoms with Crippen LogP contribution in [0.5, 0.6) is 0 Å². The van der Waals surface area contributed by atoms with E-state index in [4.69, 9.17) is 0 Å². The largest absolute Gasteiger partial charge is 0.250 e. The molecule has 1 radical (unpaired) electrons. The number of hydrogen-bond acceptors (Lipinski definition) is 0. The van der Waals surface area contributed by atoms with Crippen molar-refractivity contribution in [2.24, 2.45) is 0 Å². The van der Waals surface area contributed by atoms with Gasteiger partial charge in [0.2, 0.25) is 0 Å². The van der Waals surface area contributed by atoms with Crippen LogP contribution in [0.3, 0.4) is 0 Å². The van der Waals surface area contributed by atoms with Gasteiger partial charge in [-0.1, -0.05) is 0 Å². The number of rotatable bonds is 2. The maximum Gasteiger partial charge on any atom is 0.161 e. The van der Waals surface area contributed by atoms with Crippen LogP contribution in [0.25, 0.3) is 0 Å². The zero-order chi connectivity index (χ0) is 10.0. The first-order valence-corrected chi connectivity index (χ1v) is 3.59. The van der Waals surface area contributed by atoms with Gasteiger partial charge in [0, 0.05) is 12.0 Å². The Hall–Kier alpha value is -1.06. The fraction of sp³-hybridized carbons (Fsp3) is 0.222. The van der Waals surface area contributed by atoms with E-state index in [0.717, 1.165) is 0 Å². The van der Waals surface area contributed by atoms with E-state index in [9.17, 15) is 17.6 Å². The Morgan fingerprint density at radius 1 is 1.08 bits per heavy atom. The van der Waals surface area contributed by atoms with E-state index >= 15 is 0 Å². The van der Waals surface area contributed by atoms with Crippen LogP contribution in [0.4, 0.5) is 17.6 Å². The SMILES string of the molecule is [CH2]C(CF)c1cc(F)c(F)cc1F. The third-order valence-electron chi connectivity index (χ3n) is 1.67. The van der Waals surface area contributed by atoms with Crippen LogP contribution in [-0.4, -0.2) is 6.67 Å². The van der Waals surface area contributed by atoms with Gasteiger partial charge in [0.15, 0.2) is 11.6 Å². The van der Waals surface area contributed by atoms with E-state index in [2.05, 4.69) is 6.92 Å². The molecule has 1 aromatic rings. The summed E-state index contributed by atoms with van der Waals surface area (Å²) in [6.07, 6.45) is 0. The Morgan fingerprint density at radius 3 is 2.15 bits per heavy atom. The highest BCUT2D eigenvalue weighted by molar-refractivity contribution is 5.24. The average molecular weight is 191 g/mol. The molecular weight excluding hydrogens is 184 g/mol. The summed E-state index contributed by atoms with van der Waals surface area (Å²) in [5, 5.41) is 0. The third-order valence-corrected chi connectivity index (χ3v) is 1.67. The summed E-state index contributed by atoms with van der Waals surface area (Å²) in [4.78, 5) is 0. The highest BCUT2D eigenvalue weighted by Gasteiger charge is 2.14. The predicted octanol–water partition coefficient (Wildman–Crippen LogP) is 2.99. The van der Waals surface area contributed by atoms with Crippen molar-refractivity contribution >= 4 is 0 Å². The van der Waals surface area contributed by atoms with Crippen molar-refractivity contribution in [1.29, 1.82) is 0 Å². The zero-order valence-electron chi connectivity index (χ0n) is 6.66. The highest BCUT2D eigenvalue weighted by Crippen LogP contribution is 2.21. The number of hydrogen-bond donors (Lipinski definition) is 0. The smallest absolute Gasteiger partial charge is 0.161 e. The van der Waals surface area contributed by atoms with Crippen LogP contribution in [0.2, 0.25) is 0 Å². The molecule has 1 atom stereocenters. The molecule has 0 saturated heterocycles. The summed E-state index contributed by atoms with van der Waals surface area (Å²) in [7, 11) is 0. The van der Waals surface area contributed by atoms with Gasteiger partial charge in [0.1, 0.15) is 5.82 Å². The molecule has 0 fully saturated rings. The molecular formula is C9H7F4. The van der Waals surface area contributed by atoms with Crippen LogP contribution < -0.4 is 0 Å². The van der Waals surface area contributed by atoms with Crippen molar-refractivity contribution in [1.82, 2.24) is 0 Å². The predicted molar refractivity (Wildman–Crippen MR) is 40.4 cm³/mol. The maximum absolute atomic E-state index is 12.9. The molecule has 0 bridgehead atoms. The highest BCUT2D eigenvalue weighted by atomic mass is 19.2. The summed E-state index contributed by atoms with van der Waals surface area (Å²) >= 11 is 0. The zero-order valence-corrected chi connectivity index (χ0v) is 6.66. The molecule has 71 valence electrons. The van der Waals surface area contributed by atoms with Gasteiger partial charge in [-0.2, -0.15) is 0 Å². The van der Waals surface area contributed by atoms with Crippen molar-refractivity contribution < 1.29 is 17.6 Å². The van der Waals surface area contributed by atoms with Gasteiger partial charge in [0.25, 0.3) is 0 Å². The second-order valence-corrected chi connectivity index (χ2v) is 2.64. The minimum Gasteiger partial charge on any atom is -0.250 e. The lowest BCUT2D eigenvalue weighted by Gasteiger charge is -2.08.